The number of nitroso groups, excluding NO2 is 1. The van der Waals surface area contributed by atoms with Crippen molar-refractivity contribution in [2.75, 3.05) is 0 Å². The van der Waals surface area contributed by atoms with Gasteiger partial charge in [0, 0.05) is 10.8 Å². The van der Waals surface area contributed by atoms with Gasteiger partial charge in [-0.05, 0) is 44.9 Å². The van der Waals surface area contributed by atoms with Crippen LogP contribution in [0.1, 0.15) is 0 Å². The Morgan fingerprint density at radius 1 is 0.714 bits per heavy atom. The maximum Gasteiger partial charge on any atom is 0.123 e. The van der Waals surface area contributed by atoms with Gasteiger partial charge in [0.05, 0.1) is 0 Å². The number of fused-ring (bicyclic) bond motifs is 4. The first-order chi connectivity index (χ1) is 10.3. The summed E-state index contributed by atoms with van der Waals surface area (Å²) in [5.41, 5.74) is 0.452. The second-order valence-electron chi connectivity index (χ2n) is 5.10. The Hall–Kier alpha value is -2.94. The number of aromatic hydroxyl groups is 1. The fraction of sp³-hybridized carbons (Fsp3) is 0. The molecule has 100 valence electrons. The number of hydrogen-bond acceptors (Lipinski definition) is 3. The van der Waals surface area contributed by atoms with Crippen LogP contribution in [0.2, 0.25) is 0 Å². The summed E-state index contributed by atoms with van der Waals surface area (Å²) in [6.07, 6.45) is 0. The molecule has 0 aromatic heterocycles. The lowest BCUT2D eigenvalue weighted by Gasteiger charge is -2.09. The SMILES string of the molecule is O=Nc1c2ccccc2cc2c1ccc1ccc(O)cc12. The summed E-state index contributed by atoms with van der Waals surface area (Å²) in [6.45, 7) is 0. The summed E-state index contributed by atoms with van der Waals surface area (Å²) in [5, 5.41) is 18.5. The van der Waals surface area contributed by atoms with Crippen molar-refractivity contribution in [3.05, 3.63) is 65.6 Å². The molecule has 0 heterocycles. The van der Waals surface area contributed by atoms with Gasteiger partial charge in [-0.2, -0.15) is 0 Å². The van der Waals surface area contributed by atoms with Crippen LogP contribution in [0.5, 0.6) is 5.75 Å². The highest BCUT2D eigenvalue weighted by molar-refractivity contribution is 6.18. The highest BCUT2D eigenvalue weighted by Crippen LogP contribution is 2.38. The van der Waals surface area contributed by atoms with Crippen LogP contribution in [0.4, 0.5) is 5.69 Å². The molecule has 0 spiro atoms. The maximum absolute atomic E-state index is 11.3. The molecule has 0 saturated heterocycles. The van der Waals surface area contributed by atoms with E-state index in [0.29, 0.717) is 5.69 Å². The average molecular weight is 273 g/mol. The predicted molar refractivity (Wildman–Crippen MR) is 86.1 cm³/mol. The number of benzene rings is 4. The van der Waals surface area contributed by atoms with E-state index in [4.69, 9.17) is 0 Å². The molecule has 0 atom stereocenters. The summed E-state index contributed by atoms with van der Waals surface area (Å²) >= 11 is 0. The molecule has 3 nitrogen and oxygen atoms in total. The van der Waals surface area contributed by atoms with E-state index >= 15 is 0 Å². The molecule has 4 aromatic carbocycles. The lowest BCUT2D eigenvalue weighted by atomic mass is 9.96. The van der Waals surface area contributed by atoms with E-state index in [-0.39, 0.29) is 5.75 Å². The van der Waals surface area contributed by atoms with Gasteiger partial charge in [0.2, 0.25) is 0 Å². The maximum atomic E-state index is 11.3. The fourth-order valence-corrected chi connectivity index (χ4v) is 2.93. The summed E-state index contributed by atoms with van der Waals surface area (Å²) in [4.78, 5) is 11.3. The van der Waals surface area contributed by atoms with Gasteiger partial charge in [-0.3, -0.25) is 0 Å². The van der Waals surface area contributed by atoms with Crippen molar-refractivity contribution >= 4 is 38.0 Å². The van der Waals surface area contributed by atoms with Gasteiger partial charge in [0.1, 0.15) is 11.4 Å². The molecular weight excluding hydrogens is 262 g/mol. The quantitative estimate of drug-likeness (QED) is 0.292. The molecule has 0 saturated carbocycles. The second kappa shape index (κ2) is 4.28. The van der Waals surface area contributed by atoms with E-state index < -0.39 is 0 Å². The van der Waals surface area contributed by atoms with Crippen molar-refractivity contribution in [1.82, 2.24) is 0 Å². The molecule has 0 aliphatic carbocycles. The first kappa shape index (κ1) is 11.9. The molecule has 0 bridgehead atoms. The highest BCUT2D eigenvalue weighted by Gasteiger charge is 2.10. The van der Waals surface area contributed by atoms with Gasteiger partial charge >= 0.3 is 0 Å². The van der Waals surface area contributed by atoms with Crippen molar-refractivity contribution in [3.8, 4) is 5.75 Å². The van der Waals surface area contributed by atoms with Crippen LogP contribution in [-0.2, 0) is 0 Å². The molecule has 3 heteroatoms. The summed E-state index contributed by atoms with van der Waals surface area (Å²) in [6, 6.07) is 18.9. The van der Waals surface area contributed by atoms with Crippen LogP contribution in [-0.4, -0.2) is 5.11 Å². The lowest BCUT2D eigenvalue weighted by molar-refractivity contribution is 0.476. The van der Waals surface area contributed by atoms with Crippen LogP contribution in [0.3, 0.4) is 0 Å². The van der Waals surface area contributed by atoms with Crippen LogP contribution in [0.25, 0.3) is 32.3 Å². The molecule has 0 unspecified atom stereocenters. The number of phenols is 1. The van der Waals surface area contributed by atoms with E-state index in [0.717, 1.165) is 32.3 Å². The van der Waals surface area contributed by atoms with Gasteiger partial charge in [-0.25, -0.2) is 0 Å². The molecule has 0 fully saturated rings. The molecule has 4 aromatic rings. The van der Waals surface area contributed by atoms with Gasteiger partial charge in [-0.1, -0.05) is 42.5 Å². The lowest BCUT2D eigenvalue weighted by Crippen LogP contribution is -1.81. The van der Waals surface area contributed by atoms with Crippen molar-refractivity contribution < 1.29 is 5.11 Å². The zero-order valence-corrected chi connectivity index (χ0v) is 11.1. The Balaban J connectivity index is 2.31. The fourth-order valence-electron chi connectivity index (χ4n) is 2.93. The second-order valence-corrected chi connectivity index (χ2v) is 5.10. The molecule has 1 N–H and O–H groups in total. The van der Waals surface area contributed by atoms with Gasteiger partial charge in [0.25, 0.3) is 0 Å². The summed E-state index contributed by atoms with van der Waals surface area (Å²) in [7, 11) is 0. The Kier molecular flexibility index (Phi) is 2.42. The smallest absolute Gasteiger partial charge is 0.123 e. The Morgan fingerprint density at radius 3 is 2.38 bits per heavy atom. The van der Waals surface area contributed by atoms with Gasteiger partial charge < -0.3 is 5.11 Å². The number of rotatable bonds is 1. The Morgan fingerprint density at radius 2 is 1.52 bits per heavy atom. The van der Waals surface area contributed by atoms with Crippen molar-refractivity contribution in [3.63, 3.8) is 0 Å². The minimum Gasteiger partial charge on any atom is -0.508 e. The van der Waals surface area contributed by atoms with Crippen LogP contribution >= 0.6 is 0 Å². The largest absolute Gasteiger partial charge is 0.508 e. The number of hydrogen-bond donors (Lipinski definition) is 1. The first-order valence-electron chi connectivity index (χ1n) is 6.68. The third-order valence-electron chi connectivity index (χ3n) is 3.91. The normalized spacial score (nSPS) is 11.2. The van der Waals surface area contributed by atoms with Crippen LogP contribution in [0.15, 0.2) is 65.8 Å². The monoisotopic (exact) mass is 273 g/mol. The zero-order chi connectivity index (χ0) is 14.4. The molecule has 0 radical (unpaired) electrons. The van der Waals surface area contributed by atoms with Gasteiger partial charge in [-0.15, -0.1) is 4.91 Å². The zero-order valence-electron chi connectivity index (χ0n) is 11.1. The first-order valence-corrected chi connectivity index (χ1v) is 6.68. The summed E-state index contributed by atoms with van der Waals surface area (Å²) < 4.78 is 0. The minimum atomic E-state index is 0.212. The van der Waals surface area contributed by atoms with Crippen LogP contribution < -0.4 is 0 Å². The van der Waals surface area contributed by atoms with Crippen LogP contribution in [0, 0.1) is 4.91 Å². The molecule has 4 rings (SSSR count). The molecule has 21 heavy (non-hydrogen) atoms. The molecule has 0 amide bonds. The van der Waals surface area contributed by atoms with E-state index in [1.807, 2.05) is 48.5 Å². The third-order valence-corrected chi connectivity index (χ3v) is 3.91. The highest BCUT2D eigenvalue weighted by atomic mass is 16.3. The standard InChI is InChI=1S/C18H11NO2/c20-13-7-5-11-6-8-15-17(16(11)10-13)9-12-3-1-2-4-14(12)18(15)19-21/h1-10,20H. The summed E-state index contributed by atoms with van der Waals surface area (Å²) in [5.74, 6) is 0.212. The van der Waals surface area contributed by atoms with E-state index in [1.54, 1.807) is 12.1 Å². The predicted octanol–water partition coefficient (Wildman–Crippen LogP) is 5.25. The molecular formula is C18H11NO2. The Labute approximate surface area is 120 Å². The number of phenolic OH excluding ortho intramolecular Hbond substituents is 1. The van der Waals surface area contributed by atoms with Crippen molar-refractivity contribution in [2.45, 2.75) is 0 Å². The average Bonchev–Trinajstić information content (AvgIpc) is 2.52. The van der Waals surface area contributed by atoms with E-state index in [1.165, 1.54) is 0 Å². The topological polar surface area (TPSA) is 49.7 Å². The Bertz CT molecular complexity index is 1020. The molecule has 0 aliphatic heterocycles. The van der Waals surface area contributed by atoms with Crippen molar-refractivity contribution in [1.29, 1.82) is 0 Å². The molecule has 0 aliphatic rings. The third kappa shape index (κ3) is 1.68. The van der Waals surface area contributed by atoms with E-state index in [9.17, 15) is 10.0 Å². The number of nitrogens with zero attached hydrogens (tertiary/aromatic N) is 1. The van der Waals surface area contributed by atoms with Crippen molar-refractivity contribution in [2.24, 2.45) is 5.18 Å². The van der Waals surface area contributed by atoms with Gasteiger partial charge in [0.15, 0.2) is 0 Å². The van der Waals surface area contributed by atoms with E-state index in [2.05, 4.69) is 5.18 Å². The minimum absolute atomic E-state index is 0.212.